The summed E-state index contributed by atoms with van der Waals surface area (Å²) in [5, 5.41) is 46.4. The molecule has 4 rings (SSSR count). The summed E-state index contributed by atoms with van der Waals surface area (Å²) in [6, 6.07) is 9.29. The van der Waals surface area contributed by atoms with Crippen molar-refractivity contribution in [2.24, 2.45) is 16.7 Å². The molecule has 0 aromatic heterocycles. The van der Waals surface area contributed by atoms with E-state index in [0.29, 0.717) is 24.0 Å². The summed E-state index contributed by atoms with van der Waals surface area (Å²) < 4.78 is 5.69. The molecular weight excluding hydrogens is 460 g/mol. The average Bonchev–Trinajstić information content (AvgIpc) is 2.83. The summed E-state index contributed by atoms with van der Waals surface area (Å²) in [6.45, 7) is 10.8. The van der Waals surface area contributed by atoms with Crippen molar-refractivity contribution in [3.8, 4) is 0 Å². The maximum Gasteiger partial charge on any atom is 0.331 e. The summed E-state index contributed by atoms with van der Waals surface area (Å²) in [5.41, 5.74) is -2.50. The highest BCUT2D eigenvalue weighted by Crippen LogP contribution is 2.60. The molecule has 0 amide bonds. The Balaban J connectivity index is 1.69. The first-order chi connectivity index (χ1) is 16.8. The van der Waals surface area contributed by atoms with Gasteiger partial charge >= 0.3 is 5.97 Å². The Morgan fingerprint density at radius 3 is 2.39 bits per heavy atom. The van der Waals surface area contributed by atoms with E-state index in [-0.39, 0.29) is 12.0 Å². The van der Waals surface area contributed by atoms with Gasteiger partial charge in [0, 0.05) is 29.2 Å². The first kappa shape index (κ1) is 26.5. The molecule has 0 heterocycles. The summed E-state index contributed by atoms with van der Waals surface area (Å²) in [5.74, 6) is -1.91. The lowest BCUT2D eigenvalue weighted by Crippen LogP contribution is -2.69. The number of carbonyl (C=O) groups is 2. The minimum absolute atomic E-state index is 0.248. The van der Waals surface area contributed by atoms with Crippen LogP contribution >= 0.6 is 0 Å². The molecule has 2 saturated carbocycles. The van der Waals surface area contributed by atoms with E-state index in [4.69, 9.17) is 4.74 Å². The van der Waals surface area contributed by atoms with Crippen LogP contribution in [0.25, 0.3) is 6.08 Å². The van der Waals surface area contributed by atoms with Crippen LogP contribution in [0, 0.1) is 16.7 Å². The Morgan fingerprint density at radius 1 is 1.11 bits per heavy atom. The van der Waals surface area contributed by atoms with E-state index in [1.807, 2.05) is 30.3 Å². The van der Waals surface area contributed by atoms with Gasteiger partial charge in [0.15, 0.2) is 5.78 Å². The van der Waals surface area contributed by atoms with Gasteiger partial charge in [-0.25, -0.2) is 4.79 Å². The number of carbonyl (C=O) groups excluding carboxylic acids is 2. The monoisotopic (exact) mass is 496 g/mol. The Kier molecular flexibility index (Phi) is 6.67. The SMILES string of the molecule is C=C1C2[C@H](O)C3(O)CC(=O)C(C)=C([C@@H](O)C(O)C2(C)CC[C@@H]1OC(=O)/C=C\c1ccccc1)C3(C)C. The van der Waals surface area contributed by atoms with Gasteiger partial charge in [0.25, 0.3) is 0 Å². The standard InChI is InChI=1S/C29H36O7/c1-16-19(30)15-29(35)25(33)23-17(2)20(36-21(31)12-11-18-9-7-6-8-10-18)13-14-28(23,5)26(34)24(32)22(16)27(29,3)4/h6-12,20,23-26,32-35H,2,13-15H2,1,3-5H3/b12-11-/t20-,23?,24+,25-,26?,28?,29?/m0/s1. The summed E-state index contributed by atoms with van der Waals surface area (Å²) in [6.07, 6.45) is -1.78. The number of esters is 1. The third-order valence-corrected chi connectivity index (χ3v) is 9.02. The predicted molar refractivity (Wildman–Crippen MR) is 134 cm³/mol. The van der Waals surface area contributed by atoms with Gasteiger partial charge in [0.05, 0.1) is 12.2 Å². The Morgan fingerprint density at radius 2 is 1.75 bits per heavy atom. The first-order valence-electron chi connectivity index (χ1n) is 12.4. The number of Topliss-reactive ketones (excluding diaryl/α,β-unsaturated/α-hetero) is 1. The third kappa shape index (κ3) is 3.89. The highest BCUT2D eigenvalue weighted by atomic mass is 16.5. The van der Waals surface area contributed by atoms with Crippen molar-refractivity contribution in [3.63, 3.8) is 0 Å². The maximum absolute atomic E-state index is 12.9. The molecule has 4 unspecified atom stereocenters. The number of ketones is 1. The fraction of sp³-hybridized carbons (Fsp3) is 0.517. The lowest BCUT2D eigenvalue weighted by Gasteiger charge is -2.61. The number of hydrogen-bond acceptors (Lipinski definition) is 7. The largest absolute Gasteiger partial charge is 0.455 e. The van der Waals surface area contributed by atoms with Crippen molar-refractivity contribution in [1.29, 1.82) is 0 Å². The zero-order chi connectivity index (χ0) is 26.6. The fourth-order valence-electron chi connectivity index (χ4n) is 6.66. The van der Waals surface area contributed by atoms with Gasteiger partial charge in [-0.3, -0.25) is 4.79 Å². The first-order valence-corrected chi connectivity index (χ1v) is 12.4. The average molecular weight is 497 g/mol. The van der Waals surface area contributed by atoms with Crippen LogP contribution in [0.5, 0.6) is 0 Å². The van der Waals surface area contributed by atoms with Gasteiger partial charge in [0.1, 0.15) is 17.8 Å². The van der Waals surface area contributed by atoms with Gasteiger partial charge in [-0.2, -0.15) is 0 Å². The minimum Gasteiger partial charge on any atom is -0.455 e. The predicted octanol–water partition coefficient (Wildman–Crippen LogP) is 2.73. The van der Waals surface area contributed by atoms with Crippen molar-refractivity contribution in [2.75, 3.05) is 0 Å². The molecule has 0 saturated heterocycles. The lowest BCUT2D eigenvalue weighted by molar-refractivity contribution is -0.216. The second kappa shape index (κ2) is 9.06. The van der Waals surface area contributed by atoms with Crippen LogP contribution in [0.15, 0.2) is 59.7 Å². The van der Waals surface area contributed by atoms with E-state index in [9.17, 15) is 30.0 Å². The fourth-order valence-corrected chi connectivity index (χ4v) is 6.66. The van der Waals surface area contributed by atoms with Crippen molar-refractivity contribution in [2.45, 2.75) is 77.0 Å². The van der Waals surface area contributed by atoms with E-state index in [2.05, 4.69) is 6.58 Å². The lowest BCUT2D eigenvalue weighted by atomic mass is 9.48. The van der Waals surface area contributed by atoms with Crippen molar-refractivity contribution < 1.29 is 34.8 Å². The van der Waals surface area contributed by atoms with Crippen LogP contribution in [0.4, 0.5) is 0 Å². The Bertz CT molecular complexity index is 1130. The minimum atomic E-state index is -1.92. The van der Waals surface area contributed by atoms with E-state index in [1.165, 1.54) is 6.08 Å². The molecule has 4 N–H and O–H groups in total. The van der Waals surface area contributed by atoms with Crippen LogP contribution < -0.4 is 0 Å². The molecule has 3 aliphatic carbocycles. The van der Waals surface area contributed by atoms with Crippen LogP contribution in [-0.2, 0) is 14.3 Å². The molecule has 0 aliphatic heterocycles. The van der Waals surface area contributed by atoms with Gasteiger partial charge in [0.2, 0.25) is 0 Å². The second-order valence-corrected chi connectivity index (χ2v) is 11.3. The smallest absolute Gasteiger partial charge is 0.331 e. The molecule has 0 radical (unpaired) electrons. The normalized spacial score (nSPS) is 38.4. The van der Waals surface area contributed by atoms with Gasteiger partial charge in [-0.1, -0.05) is 57.7 Å². The molecular formula is C29H36O7. The number of aliphatic hydroxyl groups excluding tert-OH is 3. The molecule has 7 atom stereocenters. The Hall–Kier alpha value is -2.58. The molecule has 1 aromatic carbocycles. The molecule has 1 aromatic rings. The number of fused-ring (bicyclic) bond motifs is 3. The quantitative estimate of drug-likeness (QED) is 0.288. The van der Waals surface area contributed by atoms with Crippen LogP contribution in [0.3, 0.4) is 0 Å². The summed E-state index contributed by atoms with van der Waals surface area (Å²) in [7, 11) is 0. The van der Waals surface area contributed by atoms with Gasteiger partial charge in [-0.15, -0.1) is 0 Å². The summed E-state index contributed by atoms with van der Waals surface area (Å²) >= 11 is 0. The highest BCUT2D eigenvalue weighted by molar-refractivity contribution is 5.98. The molecule has 0 spiro atoms. The highest BCUT2D eigenvalue weighted by Gasteiger charge is 2.66. The van der Waals surface area contributed by atoms with Crippen LogP contribution in [-0.4, -0.2) is 62.2 Å². The van der Waals surface area contributed by atoms with Gasteiger partial charge in [-0.05, 0) is 48.1 Å². The Labute approximate surface area is 211 Å². The molecule has 36 heavy (non-hydrogen) atoms. The molecule has 2 fully saturated rings. The zero-order valence-electron chi connectivity index (χ0n) is 21.3. The molecule has 194 valence electrons. The van der Waals surface area contributed by atoms with Crippen LogP contribution in [0.2, 0.25) is 0 Å². The maximum atomic E-state index is 12.9. The zero-order valence-corrected chi connectivity index (χ0v) is 21.3. The van der Waals surface area contributed by atoms with E-state index < -0.39 is 58.5 Å². The molecule has 7 nitrogen and oxygen atoms in total. The number of rotatable bonds is 3. The van der Waals surface area contributed by atoms with E-state index >= 15 is 0 Å². The molecule has 7 heteroatoms. The second-order valence-electron chi connectivity index (χ2n) is 11.3. The number of aliphatic hydroxyl groups is 4. The van der Waals surface area contributed by atoms with E-state index in [0.717, 1.165) is 5.56 Å². The topological polar surface area (TPSA) is 124 Å². The van der Waals surface area contributed by atoms with E-state index in [1.54, 1.807) is 33.8 Å². The third-order valence-electron chi connectivity index (χ3n) is 9.02. The number of benzene rings is 1. The van der Waals surface area contributed by atoms with Crippen molar-refractivity contribution in [3.05, 3.63) is 65.3 Å². The summed E-state index contributed by atoms with van der Waals surface area (Å²) in [4.78, 5) is 25.5. The number of ether oxygens (including phenoxy) is 1. The van der Waals surface area contributed by atoms with Crippen molar-refractivity contribution >= 4 is 17.8 Å². The molecule has 2 bridgehead atoms. The number of allylic oxidation sites excluding steroid dienone is 1. The van der Waals surface area contributed by atoms with Crippen molar-refractivity contribution in [1.82, 2.24) is 0 Å². The number of hydrogen-bond donors (Lipinski definition) is 4. The molecule has 3 aliphatic rings. The van der Waals surface area contributed by atoms with Gasteiger partial charge < -0.3 is 25.2 Å². The van der Waals surface area contributed by atoms with Crippen LogP contribution in [0.1, 0.15) is 52.5 Å².